The molecule has 1 fully saturated rings. The van der Waals surface area contributed by atoms with E-state index in [0.717, 1.165) is 13.0 Å². The molecular formula is C15H21FN2O2. The van der Waals surface area contributed by atoms with Crippen LogP contribution < -0.4 is 5.32 Å². The van der Waals surface area contributed by atoms with E-state index >= 15 is 0 Å². The summed E-state index contributed by atoms with van der Waals surface area (Å²) >= 11 is 0. The highest BCUT2D eigenvalue weighted by atomic mass is 19.1. The van der Waals surface area contributed by atoms with Gasteiger partial charge in [-0.1, -0.05) is 19.1 Å². The van der Waals surface area contributed by atoms with Gasteiger partial charge >= 0.3 is 0 Å². The number of para-hydroxylation sites is 1. The lowest BCUT2D eigenvalue weighted by Crippen LogP contribution is -2.37. The van der Waals surface area contributed by atoms with Crippen molar-refractivity contribution < 1.29 is 14.3 Å². The quantitative estimate of drug-likeness (QED) is 0.865. The third-order valence-corrected chi connectivity index (χ3v) is 3.96. The largest absolute Gasteiger partial charge is 0.395 e. The van der Waals surface area contributed by atoms with Gasteiger partial charge in [0.1, 0.15) is 5.82 Å². The third-order valence-electron chi connectivity index (χ3n) is 3.96. The number of carbonyl (C=O) groups is 1. The summed E-state index contributed by atoms with van der Waals surface area (Å²) < 4.78 is 13.4. The molecule has 4 nitrogen and oxygen atoms in total. The second-order valence-corrected chi connectivity index (χ2v) is 5.33. The van der Waals surface area contributed by atoms with Crippen LogP contribution in [0.5, 0.6) is 0 Å². The Kier molecular flexibility index (Phi) is 5.09. The van der Waals surface area contributed by atoms with Gasteiger partial charge < -0.3 is 10.4 Å². The molecule has 1 heterocycles. The van der Waals surface area contributed by atoms with E-state index in [1.807, 2.05) is 0 Å². The van der Waals surface area contributed by atoms with Crippen molar-refractivity contribution in [2.24, 2.45) is 5.92 Å². The van der Waals surface area contributed by atoms with Gasteiger partial charge in [0.25, 0.3) is 0 Å². The molecule has 0 bridgehead atoms. The Morgan fingerprint density at radius 1 is 1.50 bits per heavy atom. The van der Waals surface area contributed by atoms with Crippen molar-refractivity contribution in [2.75, 3.05) is 25.0 Å². The molecule has 2 N–H and O–H groups in total. The molecule has 20 heavy (non-hydrogen) atoms. The van der Waals surface area contributed by atoms with E-state index < -0.39 is 5.82 Å². The first-order valence-electron chi connectivity index (χ1n) is 7.01. The molecule has 0 saturated carbocycles. The van der Waals surface area contributed by atoms with Gasteiger partial charge in [-0.05, 0) is 31.0 Å². The predicted octanol–water partition coefficient (Wildman–Crippen LogP) is 1.86. The molecular weight excluding hydrogens is 259 g/mol. The van der Waals surface area contributed by atoms with Gasteiger partial charge in [-0.3, -0.25) is 9.69 Å². The number of carbonyl (C=O) groups excluding carboxylic acids is 1. The Bertz CT molecular complexity index is 467. The standard InChI is InChI=1S/C15H21FN2O2/c1-11-6-8-18(14(11)10-19)9-7-15(20)17-13-5-3-2-4-12(13)16/h2-5,11,14,19H,6-10H2,1H3,(H,17,20). The number of amides is 1. The summed E-state index contributed by atoms with van der Waals surface area (Å²) in [6.07, 6.45) is 1.34. The van der Waals surface area contributed by atoms with E-state index in [4.69, 9.17) is 0 Å². The van der Waals surface area contributed by atoms with Crippen LogP contribution in [0.15, 0.2) is 24.3 Å². The summed E-state index contributed by atoms with van der Waals surface area (Å²) in [5, 5.41) is 11.9. The Hall–Kier alpha value is -1.46. The third kappa shape index (κ3) is 3.55. The Labute approximate surface area is 118 Å². The molecule has 110 valence electrons. The van der Waals surface area contributed by atoms with Gasteiger partial charge in [-0.2, -0.15) is 0 Å². The molecule has 0 radical (unpaired) electrons. The van der Waals surface area contributed by atoms with Crippen LogP contribution in [0, 0.1) is 11.7 Å². The maximum Gasteiger partial charge on any atom is 0.225 e. The molecule has 2 unspecified atom stereocenters. The fraction of sp³-hybridized carbons (Fsp3) is 0.533. The van der Waals surface area contributed by atoms with Gasteiger partial charge in [-0.25, -0.2) is 4.39 Å². The minimum atomic E-state index is -0.427. The van der Waals surface area contributed by atoms with Crippen molar-refractivity contribution >= 4 is 11.6 Å². The smallest absolute Gasteiger partial charge is 0.225 e. The number of hydrogen-bond donors (Lipinski definition) is 2. The molecule has 2 atom stereocenters. The molecule has 1 aromatic rings. The zero-order valence-electron chi connectivity index (χ0n) is 11.7. The van der Waals surface area contributed by atoms with Crippen molar-refractivity contribution in [1.29, 1.82) is 0 Å². The van der Waals surface area contributed by atoms with Gasteiger partial charge in [-0.15, -0.1) is 0 Å². The molecule has 0 aliphatic carbocycles. The van der Waals surface area contributed by atoms with Gasteiger partial charge in [0, 0.05) is 19.0 Å². The number of anilines is 1. The fourth-order valence-corrected chi connectivity index (χ4v) is 2.68. The number of aliphatic hydroxyl groups is 1. The van der Waals surface area contributed by atoms with Crippen molar-refractivity contribution in [3.05, 3.63) is 30.1 Å². The number of rotatable bonds is 5. The molecule has 1 amide bonds. The average molecular weight is 280 g/mol. The molecule has 1 aromatic carbocycles. The van der Waals surface area contributed by atoms with Gasteiger partial charge in [0.05, 0.1) is 12.3 Å². The van der Waals surface area contributed by atoms with Crippen molar-refractivity contribution in [2.45, 2.75) is 25.8 Å². The molecule has 0 aromatic heterocycles. The number of halogens is 1. The minimum Gasteiger partial charge on any atom is -0.395 e. The Morgan fingerprint density at radius 2 is 2.25 bits per heavy atom. The zero-order chi connectivity index (χ0) is 14.5. The summed E-state index contributed by atoms with van der Waals surface area (Å²) in [6, 6.07) is 6.27. The topological polar surface area (TPSA) is 52.6 Å². The molecule has 1 aliphatic rings. The Morgan fingerprint density at radius 3 is 2.95 bits per heavy atom. The molecule has 1 aliphatic heterocycles. The zero-order valence-corrected chi connectivity index (χ0v) is 11.7. The van der Waals surface area contributed by atoms with E-state index in [0.29, 0.717) is 18.9 Å². The SMILES string of the molecule is CC1CCN(CCC(=O)Nc2ccccc2F)C1CO. The maximum atomic E-state index is 13.4. The van der Waals surface area contributed by atoms with Crippen LogP contribution in [-0.4, -0.2) is 41.7 Å². The number of nitrogens with one attached hydrogen (secondary N) is 1. The number of likely N-dealkylation sites (tertiary alicyclic amines) is 1. The molecule has 5 heteroatoms. The highest BCUT2D eigenvalue weighted by Crippen LogP contribution is 2.23. The van der Waals surface area contributed by atoms with E-state index in [9.17, 15) is 14.3 Å². The number of hydrogen-bond acceptors (Lipinski definition) is 3. The minimum absolute atomic E-state index is 0.121. The lowest BCUT2D eigenvalue weighted by molar-refractivity contribution is -0.116. The number of benzene rings is 1. The first-order valence-corrected chi connectivity index (χ1v) is 7.01. The maximum absolute atomic E-state index is 13.4. The highest BCUT2D eigenvalue weighted by molar-refractivity contribution is 5.90. The van der Waals surface area contributed by atoms with Gasteiger partial charge in [0.15, 0.2) is 0 Å². The van der Waals surface area contributed by atoms with Crippen LogP contribution in [0.1, 0.15) is 19.8 Å². The van der Waals surface area contributed by atoms with Crippen LogP contribution in [0.4, 0.5) is 10.1 Å². The first kappa shape index (κ1) is 14.9. The van der Waals surface area contributed by atoms with E-state index in [-0.39, 0.29) is 24.2 Å². The lowest BCUT2D eigenvalue weighted by Gasteiger charge is -2.24. The second kappa shape index (κ2) is 6.81. The van der Waals surface area contributed by atoms with Gasteiger partial charge in [0.2, 0.25) is 5.91 Å². The fourth-order valence-electron chi connectivity index (χ4n) is 2.68. The second-order valence-electron chi connectivity index (χ2n) is 5.33. The van der Waals surface area contributed by atoms with Crippen LogP contribution in [0.25, 0.3) is 0 Å². The Balaban J connectivity index is 1.82. The van der Waals surface area contributed by atoms with Crippen LogP contribution in [-0.2, 0) is 4.79 Å². The summed E-state index contributed by atoms with van der Waals surface area (Å²) in [5.41, 5.74) is 0.214. The van der Waals surface area contributed by atoms with E-state index in [1.54, 1.807) is 18.2 Å². The average Bonchev–Trinajstić information content (AvgIpc) is 2.79. The normalized spacial score (nSPS) is 22.9. The summed E-state index contributed by atoms with van der Waals surface area (Å²) in [5.74, 6) is -0.176. The van der Waals surface area contributed by atoms with E-state index in [1.165, 1.54) is 6.07 Å². The van der Waals surface area contributed by atoms with Crippen LogP contribution >= 0.6 is 0 Å². The summed E-state index contributed by atoms with van der Waals surface area (Å²) in [4.78, 5) is 14.0. The summed E-state index contributed by atoms with van der Waals surface area (Å²) in [7, 11) is 0. The van der Waals surface area contributed by atoms with Crippen LogP contribution in [0.3, 0.4) is 0 Å². The number of aliphatic hydroxyl groups excluding tert-OH is 1. The lowest BCUT2D eigenvalue weighted by atomic mass is 10.0. The van der Waals surface area contributed by atoms with Crippen LogP contribution in [0.2, 0.25) is 0 Å². The van der Waals surface area contributed by atoms with Crippen molar-refractivity contribution in [3.8, 4) is 0 Å². The number of nitrogens with zero attached hydrogens (tertiary/aromatic N) is 1. The highest BCUT2D eigenvalue weighted by Gasteiger charge is 2.30. The summed E-state index contributed by atoms with van der Waals surface area (Å²) in [6.45, 7) is 3.73. The predicted molar refractivity (Wildman–Crippen MR) is 75.9 cm³/mol. The van der Waals surface area contributed by atoms with E-state index in [2.05, 4.69) is 17.1 Å². The monoisotopic (exact) mass is 280 g/mol. The molecule has 0 spiro atoms. The molecule has 1 saturated heterocycles. The van der Waals surface area contributed by atoms with Crippen molar-refractivity contribution in [1.82, 2.24) is 4.90 Å². The van der Waals surface area contributed by atoms with Crippen molar-refractivity contribution in [3.63, 3.8) is 0 Å². The first-order chi connectivity index (χ1) is 9.61. The molecule has 2 rings (SSSR count).